The monoisotopic (exact) mass is 445 g/mol. The molecule has 2 atom stereocenters. The van der Waals surface area contributed by atoms with Crippen molar-refractivity contribution < 1.29 is 14.3 Å². The molecular weight excluding hydrogens is 426 g/mol. The van der Waals surface area contributed by atoms with Gasteiger partial charge in [0.2, 0.25) is 11.1 Å². The Morgan fingerprint density at radius 3 is 2.77 bits per heavy atom. The van der Waals surface area contributed by atoms with Crippen molar-refractivity contribution in [1.29, 1.82) is 0 Å². The average molecular weight is 446 g/mol. The van der Waals surface area contributed by atoms with Crippen LogP contribution >= 0.6 is 23.4 Å². The number of carbonyl (C=O) groups is 1. The second kappa shape index (κ2) is 8.45. The van der Waals surface area contributed by atoms with Gasteiger partial charge in [0.25, 0.3) is 0 Å². The molecule has 10 heteroatoms. The highest BCUT2D eigenvalue weighted by atomic mass is 35.5. The van der Waals surface area contributed by atoms with Crippen molar-refractivity contribution >= 4 is 35.0 Å². The fourth-order valence-electron chi connectivity index (χ4n) is 3.20. The van der Waals surface area contributed by atoms with Crippen LogP contribution in [0.5, 0.6) is 11.5 Å². The molecule has 0 fully saturated rings. The summed E-state index contributed by atoms with van der Waals surface area (Å²) in [5.41, 5.74) is 4.84. The SMILES string of the molecule is COc1cccc(NC(=O)C2Sc3nnc(C)n3NC2c2ccc(OC)c(Cl)c2)c1. The highest BCUT2D eigenvalue weighted by Gasteiger charge is 2.37. The molecule has 8 nitrogen and oxygen atoms in total. The second-order valence-corrected chi connectivity index (χ2v) is 8.14. The third-order valence-electron chi connectivity index (χ3n) is 4.73. The summed E-state index contributed by atoms with van der Waals surface area (Å²) in [6, 6.07) is 12.3. The van der Waals surface area contributed by atoms with E-state index in [0.717, 1.165) is 5.56 Å². The number of hydrogen-bond acceptors (Lipinski definition) is 7. The van der Waals surface area contributed by atoms with Crippen molar-refractivity contribution in [3.63, 3.8) is 0 Å². The van der Waals surface area contributed by atoms with Crippen molar-refractivity contribution in [1.82, 2.24) is 14.9 Å². The Bertz CT molecular complexity index is 1090. The van der Waals surface area contributed by atoms with Crippen LogP contribution in [0.4, 0.5) is 5.69 Å². The lowest BCUT2D eigenvalue weighted by molar-refractivity contribution is -0.116. The first-order chi connectivity index (χ1) is 14.5. The van der Waals surface area contributed by atoms with Gasteiger partial charge in [0.05, 0.1) is 25.3 Å². The molecule has 1 amide bonds. The van der Waals surface area contributed by atoms with Gasteiger partial charge >= 0.3 is 0 Å². The van der Waals surface area contributed by atoms with Crippen molar-refractivity contribution in [2.45, 2.75) is 23.4 Å². The van der Waals surface area contributed by atoms with Crippen LogP contribution in [-0.4, -0.2) is 40.3 Å². The number of hydrogen-bond donors (Lipinski definition) is 2. The van der Waals surface area contributed by atoms with Crippen LogP contribution in [0.15, 0.2) is 47.6 Å². The Morgan fingerprint density at radius 1 is 1.20 bits per heavy atom. The standard InChI is InChI=1S/C20H20ClN5O3S/c1-11-23-24-20-26(11)25-17(12-7-8-16(29-3)15(21)9-12)18(30-20)19(27)22-13-5-4-6-14(10-13)28-2/h4-10,17-18,25H,1-3H3,(H,22,27). The molecule has 1 aliphatic rings. The molecule has 0 saturated heterocycles. The molecule has 1 aromatic heterocycles. The van der Waals surface area contributed by atoms with E-state index in [1.54, 1.807) is 37.1 Å². The smallest absolute Gasteiger partial charge is 0.240 e. The Hall–Kier alpha value is -2.91. The molecule has 2 N–H and O–H groups in total. The summed E-state index contributed by atoms with van der Waals surface area (Å²) in [5, 5.41) is 11.8. The number of aryl methyl sites for hydroxylation is 1. The highest BCUT2D eigenvalue weighted by molar-refractivity contribution is 8.00. The number of nitrogens with zero attached hydrogens (tertiary/aromatic N) is 3. The van der Waals surface area contributed by atoms with Gasteiger partial charge in [-0.15, -0.1) is 10.2 Å². The molecule has 0 spiro atoms. The lowest BCUT2D eigenvalue weighted by atomic mass is 10.0. The molecule has 0 saturated carbocycles. The van der Waals surface area contributed by atoms with Crippen LogP contribution in [0.2, 0.25) is 5.02 Å². The number of thioether (sulfide) groups is 1. The number of rotatable bonds is 5. The first-order valence-electron chi connectivity index (χ1n) is 9.13. The number of methoxy groups -OCH3 is 2. The van der Waals surface area contributed by atoms with E-state index in [9.17, 15) is 4.79 Å². The summed E-state index contributed by atoms with van der Waals surface area (Å²) in [7, 11) is 3.15. The summed E-state index contributed by atoms with van der Waals surface area (Å²) in [4.78, 5) is 13.2. The topological polar surface area (TPSA) is 90.3 Å². The van der Waals surface area contributed by atoms with Crippen molar-refractivity contribution in [2.75, 3.05) is 25.0 Å². The number of ether oxygens (including phenoxy) is 2. The summed E-state index contributed by atoms with van der Waals surface area (Å²) in [6.07, 6.45) is 0. The molecule has 30 heavy (non-hydrogen) atoms. The Balaban J connectivity index is 1.67. The first kappa shape index (κ1) is 20.4. The van der Waals surface area contributed by atoms with E-state index >= 15 is 0 Å². The molecule has 1 aliphatic heterocycles. The lowest BCUT2D eigenvalue weighted by Gasteiger charge is -2.33. The zero-order valence-corrected chi connectivity index (χ0v) is 18.1. The van der Waals surface area contributed by atoms with Crippen LogP contribution in [0.3, 0.4) is 0 Å². The number of nitrogens with one attached hydrogen (secondary N) is 2. The number of aromatic nitrogens is 3. The van der Waals surface area contributed by atoms with Crippen molar-refractivity contribution in [3.8, 4) is 11.5 Å². The average Bonchev–Trinajstić information content (AvgIpc) is 3.12. The first-order valence-corrected chi connectivity index (χ1v) is 10.4. The zero-order chi connectivity index (χ0) is 21.3. The van der Waals surface area contributed by atoms with E-state index in [2.05, 4.69) is 20.9 Å². The molecular formula is C20H20ClN5O3S. The predicted octanol–water partition coefficient (Wildman–Crippen LogP) is 3.65. The van der Waals surface area contributed by atoms with Crippen molar-refractivity contribution in [2.24, 2.45) is 0 Å². The van der Waals surface area contributed by atoms with E-state index < -0.39 is 5.25 Å². The van der Waals surface area contributed by atoms with E-state index in [1.165, 1.54) is 11.8 Å². The third kappa shape index (κ3) is 3.90. The molecule has 2 heterocycles. The Morgan fingerprint density at radius 2 is 2.03 bits per heavy atom. The Kier molecular flexibility index (Phi) is 5.74. The quantitative estimate of drug-likeness (QED) is 0.619. The maximum Gasteiger partial charge on any atom is 0.240 e. The molecule has 0 bridgehead atoms. The molecule has 0 radical (unpaired) electrons. The number of anilines is 1. The summed E-state index contributed by atoms with van der Waals surface area (Å²) >= 11 is 7.69. The molecule has 4 rings (SSSR count). The fraction of sp³-hybridized carbons (Fsp3) is 0.250. The minimum Gasteiger partial charge on any atom is -0.497 e. The number of carbonyl (C=O) groups excluding carboxylic acids is 1. The lowest BCUT2D eigenvalue weighted by Crippen LogP contribution is -2.41. The highest BCUT2D eigenvalue weighted by Crippen LogP contribution is 2.39. The zero-order valence-electron chi connectivity index (χ0n) is 16.5. The minimum absolute atomic E-state index is 0.176. The summed E-state index contributed by atoms with van der Waals surface area (Å²) < 4.78 is 12.3. The fourth-order valence-corrected chi connectivity index (χ4v) is 4.59. The van der Waals surface area contributed by atoms with E-state index in [4.69, 9.17) is 21.1 Å². The molecule has 156 valence electrons. The van der Waals surface area contributed by atoms with Crippen LogP contribution in [-0.2, 0) is 4.79 Å². The van der Waals surface area contributed by atoms with E-state index in [-0.39, 0.29) is 11.9 Å². The minimum atomic E-state index is -0.517. The van der Waals surface area contributed by atoms with E-state index in [0.29, 0.717) is 33.2 Å². The molecule has 0 aliphatic carbocycles. The van der Waals surface area contributed by atoms with Gasteiger partial charge in [-0.2, -0.15) is 0 Å². The predicted molar refractivity (Wildman–Crippen MR) is 116 cm³/mol. The summed E-state index contributed by atoms with van der Waals surface area (Å²) in [6.45, 7) is 1.85. The Labute approximate surface area is 182 Å². The van der Waals surface area contributed by atoms with Gasteiger partial charge in [-0.25, -0.2) is 4.68 Å². The normalized spacial score (nSPS) is 17.6. The number of amides is 1. The van der Waals surface area contributed by atoms with Crippen LogP contribution in [0, 0.1) is 6.92 Å². The van der Waals surface area contributed by atoms with Crippen LogP contribution in [0.25, 0.3) is 0 Å². The maximum atomic E-state index is 13.2. The van der Waals surface area contributed by atoms with Crippen LogP contribution < -0.4 is 20.2 Å². The van der Waals surface area contributed by atoms with Gasteiger partial charge < -0.3 is 20.2 Å². The molecule has 2 unspecified atom stereocenters. The molecule has 2 aromatic carbocycles. The number of halogens is 1. The molecule has 3 aromatic rings. The van der Waals surface area contributed by atoms with Gasteiger partial charge in [-0.3, -0.25) is 4.79 Å². The third-order valence-corrected chi connectivity index (χ3v) is 6.24. The largest absolute Gasteiger partial charge is 0.497 e. The maximum absolute atomic E-state index is 13.2. The number of benzene rings is 2. The van der Waals surface area contributed by atoms with Gasteiger partial charge in [0.15, 0.2) is 0 Å². The van der Waals surface area contributed by atoms with E-state index in [1.807, 2.05) is 31.2 Å². The summed E-state index contributed by atoms with van der Waals surface area (Å²) in [5.74, 6) is 1.76. The number of fused-ring (bicyclic) bond motifs is 1. The second-order valence-electron chi connectivity index (χ2n) is 6.63. The van der Waals surface area contributed by atoms with Gasteiger partial charge in [-0.05, 0) is 36.8 Å². The van der Waals surface area contributed by atoms with Crippen LogP contribution in [0.1, 0.15) is 17.4 Å². The van der Waals surface area contributed by atoms with Gasteiger partial charge in [-0.1, -0.05) is 35.5 Å². The van der Waals surface area contributed by atoms with Gasteiger partial charge in [0, 0.05) is 11.8 Å². The van der Waals surface area contributed by atoms with Gasteiger partial charge in [0.1, 0.15) is 22.6 Å². The van der Waals surface area contributed by atoms with Crippen molar-refractivity contribution in [3.05, 3.63) is 58.9 Å².